The molecule has 4 saturated heterocycles. The highest BCUT2D eigenvalue weighted by atomic mass is 35.5. The molecule has 4 fully saturated rings. The molecule has 6 aromatic carbocycles. The molecule has 0 aromatic heterocycles. The lowest BCUT2D eigenvalue weighted by molar-refractivity contribution is -0.132. The number of nitrogens with zero attached hydrogens (tertiary/aromatic N) is 7. The van der Waals surface area contributed by atoms with Crippen LogP contribution in [-0.4, -0.2) is 193 Å². The molecule has 102 heavy (non-hydrogen) atoms. The molecule has 4 heterocycles. The van der Waals surface area contributed by atoms with Crippen LogP contribution in [0.15, 0.2) is 146 Å². The minimum absolute atomic E-state index is 0. The fraction of sp³-hybridized carbons (Fsp3) is 0.440. The Morgan fingerprint density at radius 1 is 0.588 bits per heavy atom. The molecule has 0 unspecified atom stereocenters. The first-order chi connectivity index (χ1) is 48.7. The molecule has 554 valence electrons. The van der Waals surface area contributed by atoms with Gasteiger partial charge in [0.05, 0.1) is 63.2 Å². The summed E-state index contributed by atoms with van der Waals surface area (Å²) in [7, 11) is 3.26. The summed E-state index contributed by atoms with van der Waals surface area (Å²) in [6, 6.07) is 44.8. The van der Waals surface area contributed by atoms with Crippen molar-refractivity contribution < 1.29 is 69.2 Å². The van der Waals surface area contributed by atoms with Crippen LogP contribution in [-0.2, 0) is 36.6 Å². The van der Waals surface area contributed by atoms with Crippen molar-refractivity contribution in [2.45, 2.75) is 96.7 Å². The van der Waals surface area contributed by atoms with Gasteiger partial charge in [0.2, 0.25) is 16.9 Å². The van der Waals surface area contributed by atoms with Crippen LogP contribution in [0.5, 0.6) is 11.5 Å². The van der Waals surface area contributed by atoms with Crippen LogP contribution in [0, 0.1) is 11.6 Å². The Kier molecular flexibility index (Phi) is 34.7. The number of alkyl halides is 4. The van der Waals surface area contributed by atoms with Gasteiger partial charge in [-0.15, -0.1) is 12.4 Å². The van der Waals surface area contributed by atoms with Crippen LogP contribution in [0.1, 0.15) is 81.0 Å². The number of thiocarbonyl (C=S) groups is 2. The van der Waals surface area contributed by atoms with Gasteiger partial charge in [-0.1, -0.05) is 118 Å². The van der Waals surface area contributed by atoms with E-state index in [1.165, 1.54) is 47.1 Å². The van der Waals surface area contributed by atoms with E-state index in [9.17, 15) is 41.1 Å². The fourth-order valence-corrected chi connectivity index (χ4v) is 12.1. The van der Waals surface area contributed by atoms with E-state index in [2.05, 4.69) is 55.4 Å². The van der Waals surface area contributed by atoms with Gasteiger partial charge in [-0.3, -0.25) is 19.4 Å². The number of cyclic esters (lactones) is 2. The van der Waals surface area contributed by atoms with Crippen LogP contribution in [0.2, 0.25) is 0 Å². The van der Waals surface area contributed by atoms with Gasteiger partial charge in [-0.25, -0.2) is 35.9 Å². The average Bonchev–Trinajstić information content (AvgIpc) is 1.29. The molecule has 27 heteroatoms. The zero-order valence-corrected chi connectivity index (χ0v) is 60.8. The first-order valence-corrected chi connectivity index (χ1v) is 35.0. The van der Waals surface area contributed by atoms with Gasteiger partial charge in [0.15, 0.2) is 0 Å². The maximum absolute atomic E-state index is 15.1. The van der Waals surface area contributed by atoms with Crippen molar-refractivity contribution in [1.29, 1.82) is 0 Å². The number of nitrogens with one attached hydrogen (secondary N) is 1. The van der Waals surface area contributed by atoms with Crippen molar-refractivity contribution in [2.75, 3.05) is 139 Å². The molecule has 0 radical (unpaired) electrons. The van der Waals surface area contributed by atoms with E-state index in [4.69, 9.17) is 29.4 Å². The number of carbonyl (C=O) groups is 4. The summed E-state index contributed by atoms with van der Waals surface area (Å²) in [6.45, 7) is 15.1. The summed E-state index contributed by atoms with van der Waals surface area (Å²) in [5.74, 6) is 1.04. The number of nitrogens with two attached hydrogens (primary N) is 1. The third-order valence-electron chi connectivity index (χ3n) is 17.8. The summed E-state index contributed by atoms with van der Waals surface area (Å²) < 4.78 is 105. The second-order valence-corrected chi connectivity index (χ2v) is 25.0. The molecule has 4 aliphatic rings. The predicted octanol–water partition coefficient (Wildman–Crippen LogP) is 13.4. The number of aryl methyl sites for hydroxylation is 2. The number of ether oxygens (including phenoxy) is 5. The fourth-order valence-electron chi connectivity index (χ4n) is 11.9. The lowest BCUT2D eigenvalue weighted by Gasteiger charge is -2.36. The van der Waals surface area contributed by atoms with Crippen LogP contribution in [0.25, 0.3) is 0 Å². The second-order valence-electron chi connectivity index (χ2n) is 24.2. The Labute approximate surface area is 611 Å². The number of halogens is 7. The lowest BCUT2D eigenvalue weighted by Crippen LogP contribution is -2.49. The quantitative estimate of drug-likeness (QED) is 0.0368. The number of carbonyl (C=O) groups excluding carboxylic acids is 4. The number of hydrogen-bond donors (Lipinski definition) is 2. The van der Waals surface area contributed by atoms with Crippen molar-refractivity contribution in [3.8, 4) is 11.5 Å². The highest BCUT2D eigenvalue weighted by molar-refractivity contribution is 7.80. The first-order valence-electron chi connectivity index (χ1n) is 34.2. The monoisotopic (exact) mass is 1480 g/mol. The third kappa shape index (κ3) is 25.2. The standard InChI is InChI=1S/C27H31F3N4O4S.C25H31FN4O4.C17H16F2OS.C6H15N.ClH/c1-37-20-8-5-18(6-9-20)3-2-4-24(35)33-13-11-32(12-14-33)23-10-7-19(15-22(23)28)34-17-21(38-27(34)36)16-31-26(39)25(29)30;1-33-20-8-5-18(6-9-20)3-2-4-24(31)29-13-11-28(12-14-29)23-10-7-19(15-22(23)26)30-17-21(16-27)34-25(30)32;18-16(19)17(21)20-12-11-15(13-7-3-1-4-8-13)14-9-5-2-6-10-14;1-4-7(5-2)6-3;/h5-10,15,21,25H,2-4,11-14,16-17H2,1H3,(H,31,39);5-10,15,21H,2-4,11-14,16-17,27H2,1H3;1-10,15-16H,11-12H2;4-6H2,1-3H3;1H/t2*21-;;;/m00.../s1. The Morgan fingerprint density at radius 2 is 1.00 bits per heavy atom. The lowest BCUT2D eigenvalue weighted by atomic mass is 9.89. The van der Waals surface area contributed by atoms with Crippen molar-refractivity contribution >= 4 is 93.6 Å². The van der Waals surface area contributed by atoms with Crippen LogP contribution in [0.4, 0.5) is 58.7 Å². The Hall–Kier alpha value is -8.43. The molecule has 0 spiro atoms. The predicted molar refractivity (Wildman–Crippen MR) is 398 cm³/mol. The molecule has 3 N–H and O–H groups in total. The van der Waals surface area contributed by atoms with E-state index in [1.54, 1.807) is 38.5 Å². The second kappa shape index (κ2) is 42.9. The van der Waals surface area contributed by atoms with Crippen molar-refractivity contribution in [1.82, 2.24) is 20.0 Å². The van der Waals surface area contributed by atoms with Gasteiger partial charge in [0.25, 0.3) is 6.43 Å². The van der Waals surface area contributed by atoms with Crippen molar-refractivity contribution in [2.24, 2.45) is 5.73 Å². The maximum atomic E-state index is 15.1. The molecular weight excluding hydrogens is 1380 g/mol. The average molecular weight is 1480 g/mol. The highest BCUT2D eigenvalue weighted by Gasteiger charge is 2.35. The summed E-state index contributed by atoms with van der Waals surface area (Å²) in [5, 5.41) is 1.75. The minimum atomic E-state index is -2.79. The van der Waals surface area contributed by atoms with E-state index >= 15 is 4.39 Å². The van der Waals surface area contributed by atoms with Gasteiger partial charge in [0, 0.05) is 77.7 Å². The number of benzene rings is 6. The number of piperazine rings is 2. The molecule has 6 aromatic rings. The van der Waals surface area contributed by atoms with Crippen LogP contribution < -0.4 is 40.1 Å². The molecule has 0 bridgehead atoms. The maximum Gasteiger partial charge on any atom is 0.414 e. The summed E-state index contributed by atoms with van der Waals surface area (Å²) in [6.07, 6.45) is -3.05. The number of rotatable bonds is 27. The number of hydrogen-bond acceptors (Lipinski definition) is 15. The van der Waals surface area contributed by atoms with Crippen molar-refractivity contribution in [3.05, 3.63) is 179 Å². The van der Waals surface area contributed by atoms with Crippen molar-refractivity contribution in [3.63, 3.8) is 0 Å². The van der Waals surface area contributed by atoms with E-state index in [-0.39, 0.29) is 62.5 Å². The SMILES string of the molecule is CCN(CC)CC.COc1ccc(CCCC(=O)N2CCN(c3ccc(N4C[C@H](CN)OC4=O)cc3F)CC2)cc1.COc1ccc(CCCC(=O)N2CCN(c3ccc(N4C[C@H](CNC(=S)C(F)F)OC4=O)cc3F)CC2)cc1.Cl.FC(F)C(=S)OCCC(c1ccccc1)c1ccccc1. The van der Waals surface area contributed by atoms with Gasteiger partial charge in [0.1, 0.15) is 40.3 Å². The summed E-state index contributed by atoms with van der Waals surface area (Å²) in [4.78, 5) is 61.5. The molecule has 4 aliphatic heterocycles. The molecule has 0 aliphatic carbocycles. The summed E-state index contributed by atoms with van der Waals surface area (Å²) >= 11 is 9.02. The molecular formula is C75H94ClF6N9O9S2. The highest BCUT2D eigenvalue weighted by Crippen LogP contribution is 2.32. The van der Waals surface area contributed by atoms with Gasteiger partial charge < -0.3 is 59.2 Å². The number of amides is 4. The molecule has 4 amide bonds. The van der Waals surface area contributed by atoms with Gasteiger partial charge >= 0.3 is 18.6 Å². The first kappa shape index (κ1) is 82.5. The molecule has 18 nitrogen and oxygen atoms in total. The smallest absolute Gasteiger partial charge is 0.414 e. The normalized spacial score (nSPS) is 15.7. The number of methoxy groups -OCH3 is 2. The van der Waals surface area contributed by atoms with E-state index in [0.717, 1.165) is 53.9 Å². The Morgan fingerprint density at radius 3 is 1.35 bits per heavy atom. The molecule has 0 saturated carbocycles. The topological polar surface area (TPSA) is 175 Å². The van der Waals surface area contributed by atoms with E-state index in [0.29, 0.717) is 101 Å². The minimum Gasteiger partial charge on any atom is -0.497 e. The number of anilines is 4. The Balaban J connectivity index is 0.000000236. The van der Waals surface area contributed by atoms with E-state index < -0.39 is 52.8 Å². The molecule has 10 rings (SSSR count). The molecule has 2 atom stereocenters. The van der Waals surface area contributed by atoms with Gasteiger partial charge in [-0.2, -0.15) is 0 Å². The van der Waals surface area contributed by atoms with Crippen LogP contribution in [0.3, 0.4) is 0 Å². The zero-order chi connectivity index (χ0) is 72.8. The van der Waals surface area contributed by atoms with Gasteiger partial charge in [-0.05, 0) is 147 Å². The van der Waals surface area contributed by atoms with Crippen LogP contribution >= 0.6 is 36.8 Å². The summed E-state index contributed by atoms with van der Waals surface area (Å²) in [5.41, 5.74) is 11.8. The third-order valence-corrected chi connectivity index (χ3v) is 18.4. The van der Waals surface area contributed by atoms with E-state index in [1.807, 2.05) is 129 Å². The zero-order valence-electron chi connectivity index (χ0n) is 58.4. The Bertz CT molecular complexity index is 3520. The largest absolute Gasteiger partial charge is 0.497 e.